The number of hydrogen-bond donors (Lipinski definition) is 2. The normalized spacial score (nSPS) is 10.6. The van der Waals surface area contributed by atoms with Gasteiger partial charge >= 0.3 is 0 Å². The number of ether oxygens (including phenoxy) is 1. The van der Waals surface area contributed by atoms with E-state index in [4.69, 9.17) is 4.74 Å². The fourth-order valence-corrected chi connectivity index (χ4v) is 2.79. The van der Waals surface area contributed by atoms with Gasteiger partial charge in [-0.2, -0.15) is 0 Å². The van der Waals surface area contributed by atoms with E-state index in [2.05, 4.69) is 15.3 Å². The highest BCUT2D eigenvalue weighted by Crippen LogP contribution is 2.24. The van der Waals surface area contributed by atoms with Crippen LogP contribution in [-0.4, -0.2) is 28.1 Å². The highest BCUT2D eigenvalue weighted by Gasteiger charge is 2.13. The van der Waals surface area contributed by atoms with Gasteiger partial charge in [-0.3, -0.25) is 9.78 Å². The first kappa shape index (κ1) is 19.4. The molecular weight excluding hydrogens is 361 g/mol. The summed E-state index contributed by atoms with van der Waals surface area (Å²) in [6, 6.07) is 11.0. The minimum Gasteiger partial charge on any atom is -0.497 e. The molecule has 0 radical (unpaired) electrons. The molecule has 1 amide bonds. The number of aliphatic hydroxyl groups excluding tert-OH is 1. The zero-order chi connectivity index (χ0) is 20.1. The predicted octanol–water partition coefficient (Wildman–Crippen LogP) is 3.02. The lowest BCUT2D eigenvalue weighted by Gasteiger charge is -2.11. The molecule has 0 spiro atoms. The largest absolute Gasteiger partial charge is 0.497 e. The van der Waals surface area contributed by atoms with Crippen molar-refractivity contribution in [3.8, 4) is 17.0 Å². The first-order valence-electron chi connectivity index (χ1n) is 8.65. The maximum Gasteiger partial charge on any atom is 0.270 e. The minimum absolute atomic E-state index is 0.160. The molecule has 2 aromatic heterocycles. The van der Waals surface area contributed by atoms with Gasteiger partial charge in [0.05, 0.1) is 31.6 Å². The van der Waals surface area contributed by atoms with Crippen LogP contribution >= 0.6 is 0 Å². The van der Waals surface area contributed by atoms with Crippen molar-refractivity contribution >= 4 is 5.91 Å². The van der Waals surface area contributed by atoms with Gasteiger partial charge in [-0.05, 0) is 54.4 Å². The molecule has 0 unspecified atom stereocenters. The second kappa shape index (κ2) is 8.58. The number of nitrogens with zero attached hydrogens (tertiary/aromatic N) is 2. The zero-order valence-corrected chi connectivity index (χ0v) is 15.6. The number of nitrogens with one attached hydrogen (secondary N) is 1. The average Bonchev–Trinajstić information content (AvgIpc) is 2.71. The summed E-state index contributed by atoms with van der Waals surface area (Å²) in [5, 5.41) is 12.3. The molecule has 1 aromatic carbocycles. The molecule has 0 aliphatic heterocycles. The Hall–Kier alpha value is -3.32. The molecule has 0 fully saturated rings. The number of hydrogen-bond acceptors (Lipinski definition) is 5. The monoisotopic (exact) mass is 381 g/mol. The Balaban J connectivity index is 1.85. The number of amides is 1. The van der Waals surface area contributed by atoms with Gasteiger partial charge in [0.25, 0.3) is 5.91 Å². The summed E-state index contributed by atoms with van der Waals surface area (Å²) in [6.07, 6.45) is 1.60. The first-order chi connectivity index (χ1) is 13.5. The lowest BCUT2D eigenvalue weighted by Crippen LogP contribution is -2.24. The fraction of sp³-hybridized carbons (Fsp3) is 0.190. The minimum atomic E-state index is -0.402. The second-order valence-corrected chi connectivity index (χ2v) is 6.23. The molecule has 0 saturated carbocycles. The number of benzene rings is 1. The number of aromatic nitrogens is 2. The van der Waals surface area contributed by atoms with Crippen LogP contribution in [0.2, 0.25) is 0 Å². The van der Waals surface area contributed by atoms with Crippen LogP contribution in [0.3, 0.4) is 0 Å². The summed E-state index contributed by atoms with van der Waals surface area (Å²) in [4.78, 5) is 21.2. The number of carbonyl (C=O) groups excluding carboxylic acids is 1. The number of pyridine rings is 2. The van der Waals surface area contributed by atoms with Crippen LogP contribution in [0.4, 0.5) is 4.39 Å². The van der Waals surface area contributed by atoms with Gasteiger partial charge in [-0.25, -0.2) is 9.37 Å². The maximum atomic E-state index is 13.4. The van der Waals surface area contributed by atoms with E-state index < -0.39 is 5.91 Å². The van der Waals surface area contributed by atoms with Crippen LogP contribution in [-0.2, 0) is 13.2 Å². The third-order valence-electron chi connectivity index (χ3n) is 4.22. The van der Waals surface area contributed by atoms with Crippen LogP contribution in [0.1, 0.15) is 27.3 Å². The summed E-state index contributed by atoms with van der Waals surface area (Å²) in [6.45, 7) is 1.72. The molecule has 6 nitrogen and oxygen atoms in total. The number of halogens is 1. The third kappa shape index (κ3) is 4.50. The van der Waals surface area contributed by atoms with Crippen LogP contribution in [0.25, 0.3) is 11.3 Å². The molecule has 0 bridgehead atoms. The SMILES string of the molecule is COc1ccnc(CNC(=O)c2cc(CO)cc(-c3ccc(F)cc3C)n2)c1. The Labute approximate surface area is 162 Å². The average molecular weight is 381 g/mol. The topological polar surface area (TPSA) is 84.3 Å². The van der Waals surface area contributed by atoms with E-state index in [9.17, 15) is 14.3 Å². The van der Waals surface area contributed by atoms with E-state index in [1.807, 2.05) is 0 Å². The Bertz CT molecular complexity index is 1010. The molecule has 2 heterocycles. The number of aliphatic hydroxyl groups is 1. The molecule has 2 N–H and O–H groups in total. The quantitative estimate of drug-likeness (QED) is 0.686. The van der Waals surface area contributed by atoms with Gasteiger partial charge in [0.1, 0.15) is 17.3 Å². The summed E-state index contributed by atoms with van der Waals surface area (Å²) in [5.41, 5.74) is 3.22. The lowest BCUT2D eigenvalue weighted by atomic mass is 10.0. The van der Waals surface area contributed by atoms with E-state index in [1.165, 1.54) is 18.2 Å². The molecule has 7 heteroatoms. The van der Waals surface area contributed by atoms with E-state index in [0.717, 1.165) is 0 Å². The molecule has 0 saturated heterocycles. The van der Waals surface area contributed by atoms with Gasteiger partial charge in [0, 0.05) is 17.8 Å². The molecule has 0 atom stereocenters. The standard InChI is InChI=1S/C21H20FN3O3/c1-13-7-15(22)3-4-18(13)19-8-14(12-26)9-20(25-19)21(27)24-11-16-10-17(28-2)5-6-23-16/h3-10,26H,11-12H2,1-2H3,(H,24,27). The molecule has 28 heavy (non-hydrogen) atoms. The number of carbonyl (C=O) groups is 1. The van der Waals surface area contributed by atoms with Crippen molar-refractivity contribution in [1.29, 1.82) is 0 Å². The predicted molar refractivity (Wildman–Crippen MR) is 102 cm³/mol. The summed E-state index contributed by atoms with van der Waals surface area (Å²) >= 11 is 0. The first-order valence-corrected chi connectivity index (χ1v) is 8.65. The van der Waals surface area contributed by atoms with Crippen molar-refractivity contribution in [3.05, 3.63) is 77.0 Å². The van der Waals surface area contributed by atoms with Crippen molar-refractivity contribution in [1.82, 2.24) is 15.3 Å². The highest BCUT2D eigenvalue weighted by molar-refractivity contribution is 5.93. The van der Waals surface area contributed by atoms with E-state index >= 15 is 0 Å². The number of aryl methyl sites for hydroxylation is 1. The van der Waals surface area contributed by atoms with E-state index in [-0.39, 0.29) is 24.7 Å². The van der Waals surface area contributed by atoms with Crippen molar-refractivity contribution in [2.24, 2.45) is 0 Å². The molecule has 3 aromatic rings. The summed E-state index contributed by atoms with van der Waals surface area (Å²) in [5.74, 6) is -0.0991. The Kier molecular flexibility index (Phi) is 5.96. The molecule has 3 rings (SSSR count). The maximum absolute atomic E-state index is 13.4. The second-order valence-electron chi connectivity index (χ2n) is 6.23. The van der Waals surface area contributed by atoms with Crippen LogP contribution in [0.15, 0.2) is 48.7 Å². The van der Waals surface area contributed by atoms with Crippen molar-refractivity contribution in [2.75, 3.05) is 7.11 Å². The molecule has 0 aliphatic carbocycles. The van der Waals surface area contributed by atoms with Gasteiger partial charge in [0.15, 0.2) is 0 Å². The number of rotatable bonds is 6. The number of methoxy groups -OCH3 is 1. The van der Waals surface area contributed by atoms with Crippen molar-refractivity contribution in [2.45, 2.75) is 20.1 Å². The Morgan fingerprint density at radius 1 is 1.21 bits per heavy atom. The van der Waals surface area contributed by atoms with E-state index in [1.54, 1.807) is 44.5 Å². The van der Waals surface area contributed by atoms with E-state index in [0.29, 0.717) is 33.8 Å². The summed E-state index contributed by atoms with van der Waals surface area (Å²) < 4.78 is 18.5. The smallest absolute Gasteiger partial charge is 0.270 e. The Morgan fingerprint density at radius 2 is 2.04 bits per heavy atom. The van der Waals surface area contributed by atoms with Gasteiger partial charge in [0.2, 0.25) is 0 Å². The van der Waals surface area contributed by atoms with Crippen LogP contribution < -0.4 is 10.1 Å². The third-order valence-corrected chi connectivity index (χ3v) is 4.22. The summed E-state index contributed by atoms with van der Waals surface area (Å²) in [7, 11) is 1.56. The lowest BCUT2D eigenvalue weighted by molar-refractivity contribution is 0.0945. The van der Waals surface area contributed by atoms with Gasteiger partial charge in [-0.15, -0.1) is 0 Å². The van der Waals surface area contributed by atoms with Gasteiger partial charge in [-0.1, -0.05) is 0 Å². The van der Waals surface area contributed by atoms with Crippen LogP contribution in [0.5, 0.6) is 5.75 Å². The molecule has 0 aliphatic rings. The fourth-order valence-electron chi connectivity index (χ4n) is 2.79. The van der Waals surface area contributed by atoms with Crippen molar-refractivity contribution in [3.63, 3.8) is 0 Å². The highest BCUT2D eigenvalue weighted by atomic mass is 19.1. The Morgan fingerprint density at radius 3 is 2.75 bits per heavy atom. The van der Waals surface area contributed by atoms with Crippen molar-refractivity contribution < 1.29 is 19.0 Å². The van der Waals surface area contributed by atoms with Crippen LogP contribution in [0, 0.1) is 12.7 Å². The molecular formula is C21H20FN3O3. The zero-order valence-electron chi connectivity index (χ0n) is 15.6. The molecule has 144 valence electrons. The van der Waals surface area contributed by atoms with Gasteiger partial charge < -0.3 is 15.2 Å².